The van der Waals surface area contributed by atoms with Gasteiger partial charge in [-0.15, -0.1) is 0 Å². The summed E-state index contributed by atoms with van der Waals surface area (Å²) in [6, 6.07) is 10.3. The van der Waals surface area contributed by atoms with E-state index in [0.717, 1.165) is 58.6 Å². The monoisotopic (exact) mass is 831 g/mol. The Balaban J connectivity index is 1.12. The maximum Gasteiger partial charge on any atom is 0.246 e. The summed E-state index contributed by atoms with van der Waals surface area (Å²) >= 11 is 0. The van der Waals surface area contributed by atoms with Gasteiger partial charge in [-0.3, -0.25) is 28.8 Å². The van der Waals surface area contributed by atoms with E-state index in [0.29, 0.717) is 51.5 Å². The Hall–Kier alpha value is -5.70. The first-order valence-corrected chi connectivity index (χ1v) is 22.3. The van der Waals surface area contributed by atoms with Crippen molar-refractivity contribution in [2.45, 2.75) is 132 Å². The third-order valence-corrected chi connectivity index (χ3v) is 14.2. The van der Waals surface area contributed by atoms with E-state index >= 15 is 0 Å². The first kappa shape index (κ1) is 40.7. The largest absolute Gasteiger partial charge is 0.361 e. The third-order valence-electron chi connectivity index (χ3n) is 14.2. The molecule has 4 aromatic rings. The first-order chi connectivity index (χ1) is 29.6. The molecule has 3 aliphatic heterocycles. The molecule has 2 saturated carbocycles. The number of H-pyrrole nitrogens is 2. The lowest BCUT2D eigenvalue weighted by atomic mass is 9.84. The number of nitrogens with zero attached hydrogens (tertiary/aromatic N) is 2. The molecule has 0 bridgehead atoms. The van der Waals surface area contributed by atoms with E-state index < -0.39 is 65.3 Å². The lowest BCUT2D eigenvalue weighted by Crippen LogP contribution is -2.65. The highest BCUT2D eigenvalue weighted by molar-refractivity contribution is 6.00. The van der Waals surface area contributed by atoms with Gasteiger partial charge in [0.15, 0.2) is 0 Å². The zero-order chi connectivity index (χ0) is 42.3. The van der Waals surface area contributed by atoms with E-state index in [1.807, 2.05) is 60.9 Å². The van der Waals surface area contributed by atoms with E-state index in [4.69, 9.17) is 5.73 Å². The van der Waals surface area contributed by atoms with E-state index in [1.54, 1.807) is 9.80 Å². The number of aromatic nitrogens is 2. The standard InChI is InChI=1S/C46H57N9O6/c47-20-17-34-43(59)54-21-9-16-38(54)44(60)55-37-15-6-1-10-27(37)24-39(55)42(58)51-36(23-29-26-49-33-14-5-3-12-31(29)33)41(57)53-46(18-7-8-19-46)45(61)52-35(40(56)50-34)22-28-25-48-32-13-4-2-11-30(28)32/h2-5,11-14,25-27,34-39,48-49H,1,6-10,15-24,47H2,(H,50,56)(H,51,58)(H,52,61)(H,53,57)/t27-,34-,35-,36-,37-,38+,39-/m0/s1. The molecule has 2 aromatic carbocycles. The molecule has 8 N–H and O–H groups in total. The molecule has 1 spiro atoms. The van der Waals surface area contributed by atoms with Crippen molar-refractivity contribution in [1.82, 2.24) is 41.0 Å². The summed E-state index contributed by atoms with van der Waals surface area (Å²) in [5.74, 6) is -2.58. The molecule has 0 unspecified atom stereocenters. The maximum atomic E-state index is 15.0. The number of benzene rings is 2. The first-order valence-electron chi connectivity index (χ1n) is 22.3. The van der Waals surface area contributed by atoms with Crippen LogP contribution in [0.2, 0.25) is 0 Å². The highest BCUT2D eigenvalue weighted by Crippen LogP contribution is 2.41. The van der Waals surface area contributed by atoms with Crippen LogP contribution in [0, 0.1) is 5.92 Å². The van der Waals surface area contributed by atoms with Crippen LogP contribution in [0.1, 0.15) is 88.2 Å². The van der Waals surface area contributed by atoms with E-state index in [1.165, 1.54) is 0 Å². The van der Waals surface area contributed by atoms with Crippen LogP contribution in [-0.4, -0.2) is 110 Å². The van der Waals surface area contributed by atoms with E-state index in [2.05, 4.69) is 31.2 Å². The summed E-state index contributed by atoms with van der Waals surface area (Å²) in [7, 11) is 0. The van der Waals surface area contributed by atoms with Gasteiger partial charge in [0.1, 0.15) is 35.7 Å². The fraction of sp³-hybridized carbons (Fsp3) is 0.522. The Morgan fingerprint density at radius 1 is 0.639 bits per heavy atom. The minimum Gasteiger partial charge on any atom is -0.361 e. The molecular formula is C46H57N9O6. The highest BCUT2D eigenvalue weighted by atomic mass is 16.2. The fourth-order valence-electron chi connectivity index (χ4n) is 11.1. The fourth-order valence-corrected chi connectivity index (χ4v) is 11.1. The van der Waals surface area contributed by atoms with Crippen LogP contribution in [0.5, 0.6) is 0 Å². The van der Waals surface area contributed by atoms with Gasteiger partial charge < -0.3 is 46.8 Å². The average molecular weight is 832 g/mol. The Morgan fingerprint density at radius 3 is 1.93 bits per heavy atom. The number of fused-ring (bicyclic) bond motifs is 6. The van der Waals surface area contributed by atoms with Crippen LogP contribution in [0.25, 0.3) is 21.8 Å². The van der Waals surface area contributed by atoms with Crippen molar-refractivity contribution in [1.29, 1.82) is 0 Å². The number of aromatic amines is 2. The molecule has 322 valence electrons. The summed E-state index contributed by atoms with van der Waals surface area (Å²) in [6.45, 7) is 0.408. The number of para-hydroxylation sites is 2. The second-order valence-corrected chi connectivity index (χ2v) is 17.9. The lowest BCUT2D eigenvalue weighted by molar-refractivity contribution is -0.150. The molecule has 5 fully saturated rings. The van der Waals surface area contributed by atoms with Crippen molar-refractivity contribution in [3.63, 3.8) is 0 Å². The summed E-state index contributed by atoms with van der Waals surface area (Å²) < 4.78 is 0. The number of nitrogens with two attached hydrogens (primary N) is 1. The van der Waals surface area contributed by atoms with Gasteiger partial charge in [-0.1, -0.05) is 62.1 Å². The number of amides is 6. The molecule has 15 nitrogen and oxygen atoms in total. The van der Waals surface area contributed by atoms with Crippen molar-refractivity contribution < 1.29 is 28.8 Å². The maximum absolute atomic E-state index is 15.0. The topological polar surface area (TPSA) is 215 Å². The Morgan fingerprint density at radius 2 is 1.26 bits per heavy atom. The summed E-state index contributed by atoms with van der Waals surface area (Å²) in [6.07, 6.45) is 11.0. The molecule has 15 heteroatoms. The molecule has 2 aliphatic carbocycles. The van der Waals surface area contributed by atoms with Crippen LogP contribution in [-0.2, 0) is 41.6 Å². The van der Waals surface area contributed by atoms with Crippen molar-refractivity contribution in [2.24, 2.45) is 11.7 Å². The second kappa shape index (κ2) is 17.0. The number of hydrogen-bond acceptors (Lipinski definition) is 7. The predicted octanol–water partition coefficient (Wildman–Crippen LogP) is 2.83. The molecule has 2 aromatic heterocycles. The number of carbonyl (C=O) groups excluding carboxylic acids is 6. The van der Waals surface area contributed by atoms with Crippen LogP contribution in [0.15, 0.2) is 60.9 Å². The Labute approximate surface area is 354 Å². The number of rotatable bonds is 6. The smallest absolute Gasteiger partial charge is 0.246 e. The highest BCUT2D eigenvalue weighted by Gasteiger charge is 2.52. The summed E-state index contributed by atoms with van der Waals surface area (Å²) in [5.41, 5.74) is 8.06. The summed E-state index contributed by atoms with van der Waals surface area (Å²) in [4.78, 5) is 98.4. The predicted molar refractivity (Wildman–Crippen MR) is 229 cm³/mol. The quantitative estimate of drug-likeness (QED) is 0.154. The van der Waals surface area contributed by atoms with Crippen molar-refractivity contribution in [3.05, 3.63) is 72.1 Å². The molecule has 0 radical (unpaired) electrons. The summed E-state index contributed by atoms with van der Waals surface area (Å²) in [5, 5.41) is 14.0. The minimum atomic E-state index is -1.37. The van der Waals surface area contributed by atoms with Gasteiger partial charge in [-0.2, -0.15) is 0 Å². The zero-order valence-corrected chi connectivity index (χ0v) is 34.5. The Kier molecular flexibility index (Phi) is 11.3. The Bertz CT molecular complexity index is 2330. The van der Waals surface area contributed by atoms with Crippen molar-refractivity contribution in [2.75, 3.05) is 13.1 Å². The second-order valence-electron chi connectivity index (χ2n) is 17.9. The molecule has 5 aliphatic rings. The third kappa shape index (κ3) is 7.77. The molecule has 9 rings (SSSR count). The zero-order valence-electron chi connectivity index (χ0n) is 34.5. The van der Waals surface area contributed by atoms with Crippen LogP contribution in [0.3, 0.4) is 0 Å². The van der Waals surface area contributed by atoms with Crippen molar-refractivity contribution >= 4 is 57.2 Å². The van der Waals surface area contributed by atoms with Crippen LogP contribution >= 0.6 is 0 Å². The number of hydrogen-bond donors (Lipinski definition) is 7. The van der Waals surface area contributed by atoms with Crippen LogP contribution in [0.4, 0.5) is 0 Å². The number of carbonyl (C=O) groups is 6. The van der Waals surface area contributed by atoms with Gasteiger partial charge in [0.05, 0.1) is 0 Å². The molecule has 61 heavy (non-hydrogen) atoms. The van der Waals surface area contributed by atoms with Crippen LogP contribution < -0.4 is 27.0 Å². The van der Waals surface area contributed by atoms with Crippen molar-refractivity contribution in [3.8, 4) is 0 Å². The van der Waals surface area contributed by atoms with Gasteiger partial charge in [-0.25, -0.2) is 0 Å². The van der Waals surface area contributed by atoms with Gasteiger partial charge in [0.25, 0.3) is 0 Å². The normalized spacial score (nSPS) is 28.8. The molecule has 5 heterocycles. The minimum absolute atomic E-state index is 0.0929. The average Bonchev–Trinajstić information content (AvgIpc) is 4.13. The molecule has 6 amide bonds. The lowest BCUT2D eigenvalue weighted by Gasteiger charge is -2.38. The molecule has 7 atom stereocenters. The van der Waals surface area contributed by atoms with Gasteiger partial charge in [-0.05, 0) is 87.1 Å². The van der Waals surface area contributed by atoms with E-state index in [-0.39, 0.29) is 43.7 Å². The van der Waals surface area contributed by atoms with Gasteiger partial charge >= 0.3 is 0 Å². The van der Waals surface area contributed by atoms with Gasteiger partial charge in [0, 0.05) is 59.6 Å². The molecule has 3 saturated heterocycles. The van der Waals surface area contributed by atoms with E-state index in [9.17, 15) is 28.8 Å². The number of nitrogens with one attached hydrogen (secondary N) is 6. The SMILES string of the molecule is NCC[C@@H]1NC(=O)[C@H](Cc2c[nH]c3ccccc23)NC(=O)C2(CCCC2)NC(=O)[C@H](Cc2c[nH]c3ccccc23)NC(=O)[C@@H]2C[C@@H]3CCCC[C@@H]3N2C(=O)[C@H]2CCCN2C1=O. The van der Waals surface area contributed by atoms with Gasteiger partial charge in [0.2, 0.25) is 35.4 Å². The molecular weight excluding hydrogens is 775 g/mol.